The molecule has 0 spiro atoms. The molecule has 0 saturated carbocycles. The minimum Gasteiger partial charge on any atom is -0.324 e. The molecule has 0 radical (unpaired) electrons. The number of hydrogen-bond acceptors (Lipinski definition) is 4. The Morgan fingerprint density at radius 3 is 2.64 bits per heavy atom. The molecule has 0 atom stereocenters. The van der Waals surface area contributed by atoms with Crippen LogP contribution in [-0.2, 0) is 0 Å². The Hall–Kier alpha value is -2.70. The lowest BCUT2D eigenvalue weighted by Crippen LogP contribution is -2.14. The van der Waals surface area contributed by atoms with Gasteiger partial charge in [0.2, 0.25) is 5.95 Å². The van der Waals surface area contributed by atoms with Gasteiger partial charge in [0.1, 0.15) is 11.5 Å². The lowest BCUT2D eigenvalue weighted by Gasteiger charge is -2.08. The molecule has 0 unspecified atom stereocenters. The first-order valence-corrected chi connectivity index (χ1v) is 7.89. The maximum atomic E-state index is 13.2. The highest BCUT2D eigenvalue weighted by Gasteiger charge is 2.10. The van der Waals surface area contributed by atoms with Crippen molar-refractivity contribution in [3.05, 3.63) is 76.3 Å². The maximum absolute atomic E-state index is 13.2. The van der Waals surface area contributed by atoms with Gasteiger partial charge in [-0.1, -0.05) is 29.3 Å². The van der Waals surface area contributed by atoms with Crippen LogP contribution >= 0.6 is 23.2 Å². The summed E-state index contributed by atoms with van der Waals surface area (Å²) < 4.78 is 13.2. The molecule has 1 heterocycles. The van der Waals surface area contributed by atoms with Crippen LogP contribution in [0.15, 0.2) is 54.7 Å². The third-order valence-electron chi connectivity index (χ3n) is 3.15. The van der Waals surface area contributed by atoms with Crippen molar-refractivity contribution in [2.75, 3.05) is 10.6 Å². The van der Waals surface area contributed by atoms with E-state index in [1.807, 2.05) is 0 Å². The number of benzene rings is 2. The lowest BCUT2D eigenvalue weighted by atomic mass is 10.3. The number of amides is 1. The fraction of sp³-hybridized carbons (Fsp3) is 0. The van der Waals surface area contributed by atoms with Crippen LogP contribution in [0, 0.1) is 5.82 Å². The summed E-state index contributed by atoms with van der Waals surface area (Å²) in [5.74, 6) is -0.756. The van der Waals surface area contributed by atoms with Gasteiger partial charge >= 0.3 is 0 Å². The summed E-state index contributed by atoms with van der Waals surface area (Å²) in [5.41, 5.74) is 1.21. The van der Waals surface area contributed by atoms with Crippen molar-refractivity contribution < 1.29 is 9.18 Å². The number of carbonyl (C=O) groups is 1. The first kappa shape index (κ1) is 17.1. The maximum Gasteiger partial charge on any atom is 0.274 e. The number of rotatable bonds is 4. The Labute approximate surface area is 152 Å². The second-order valence-corrected chi connectivity index (χ2v) is 5.83. The zero-order valence-corrected chi connectivity index (χ0v) is 14.1. The van der Waals surface area contributed by atoms with E-state index in [-0.39, 0.29) is 16.7 Å². The molecule has 1 aromatic heterocycles. The molecule has 1 amide bonds. The zero-order chi connectivity index (χ0) is 17.8. The van der Waals surface area contributed by atoms with Gasteiger partial charge in [-0.05, 0) is 42.5 Å². The van der Waals surface area contributed by atoms with Gasteiger partial charge in [0, 0.05) is 22.6 Å². The van der Waals surface area contributed by atoms with E-state index in [2.05, 4.69) is 20.6 Å². The zero-order valence-electron chi connectivity index (χ0n) is 12.6. The quantitative estimate of drug-likeness (QED) is 0.678. The van der Waals surface area contributed by atoms with Gasteiger partial charge in [-0.3, -0.25) is 4.79 Å². The van der Waals surface area contributed by atoms with Gasteiger partial charge in [-0.15, -0.1) is 0 Å². The van der Waals surface area contributed by atoms with Crippen LogP contribution in [0.3, 0.4) is 0 Å². The first-order valence-electron chi connectivity index (χ1n) is 7.13. The largest absolute Gasteiger partial charge is 0.324 e. The molecule has 0 aliphatic heterocycles. The van der Waals surface area contributed by atoms with E-state index in [9.17, 15) is 9.18 Å². The van der Waals surface area contributed by atoms with Crippen molar-refractivity contribution in [1.82, 2.24) is 9.97 Å². The topological polar surface area (TPSA) is 66.9 Å². The van der Waals surface area contributed by atoms with Crippen LogP contribution in [0.4, 0.5) is 21.7 Å². The molecule has 5 nitrogen and oxygen atoms in total. The molecule has 0 aliphatic carbocycles. The minimum atomic E-state index is -0.525. The average molecular weight is 377 g/mol. The number of hydrogen-bond donors (Lipinski definition) is 2. The minimum absolute atomic E-state index is 0.0279. The average Bonchev–Trinajstić information content (AvgIpc) is 2.58. The normalized spacial score (nSPS) is 10.4. The molecule has 2 N–H and O–H groups in total. The molecule has 25 heavy (non-hydrogen) atoms. The van der Waals surface area contributed by atoms with Crippen LogP contribution in [0.2, 0.25) is 10.0 Å². The number of nitrogens with zero attached hydrogens (tertiary/aromatic N) is 2. The van der Waals surface area contributed by atoms with Crippen molar-refractivity contribution in [1.29, 1.82) is 0 Å². The highest BCUT2D eigenvalue weighted by Crippen LogP contribution is 2.21. The van der Waals surface area contributed by atoms with Gasteiger partial charge in [-0.2, -0.15) is 0 Å². The van der Waals surface area contributed by atoms with E-state index in [0.29, 0.717) is 16.4 Å². The summed E-state index contributed by atoms with van der Waals surface area (Å²) in [5, 5.41) is 6.04. The molecule has 3 rings (SSSR count). The van der Waals surface area contributed by atoms with Gasteiger partial charge in [-0.25, -0.2) is 14.4 Å². The second-order valence-electron chi connectivity index (χ2n) is 4.98. The molecule has 3 aromatic rings. The highest BCUT2D eigenvalue weighted by atomic mass is 35.5. The summed E-state index contributed by atoms with van der Waals surface area (Å²) >= 11 is 11.6. The molecular formula is C17H11Cl2FN4O. The second kappa shape index (κ2) is 7.46. The van der Waals surface area contributed by atoms with Gasteiger partial charge in [0.15, 0.2) is 0 Å². The van der Waals surface area contributed by atoms with E-state index >= 15 is 0 Å². The van der Waals surface area contributed by atoms with Crippen LogP contribution in [-0.4, -0.2) is 15.9 Å². The number of aromatic nitrogens is 2. The molecule has 0 fully saturated rings. The molecule has 0 aliphatic rings. The summed E-state index contributed by atoms with van der Waals surface area (Å²) in [6.45, 7) is 0. The molecule has 0 bridgehead atoms. The van der Waals surface area contributed by atoms with Gasteiger partial charge in [0.25, 0.3) is 5.91 Å². The monoisotopic (exact) mass is 376 g/mol. The molecule has 0 saturated heterocycles. The summed E-state index contributed by atoms with van der Waals surface area (Å²) in [6, 6.07) is 12.4. The third-order valence-corrected chi connectivity index (χ3v) is 3.67. The van der Waals surface area contributed by atoms with Crippen LogP contribution in [0.1, 0.15) is 10.5 Å². The molecule has 126 valence electrons. The van der Waals surface area contributed by atoms with E-state index in [1.165, 1.54) is 30.5 Å². The van der Waals surface area contributed by atoms with Gasteiger partial charge < -0.3 is 10.6 Å². The predicted molar refractivity (Wildman–Crippen MR) is 96.1 cm³/mol. The molecule has 2 aromatic carbocycles. The first-order chi connectivity index (χ1) is 12.0. The van der Waals surface area contributed by atoms with Crippen LogP contribution in [0.25, 0.3) is 0 Å². The van der Waals surface area contributed by atoms with Crippen LogP contribution < -0.4 is 10.6 Å². The van der Waals surface area contributed by atoms with E-state index < -0.39 is 11.7 Å². The summed E-state index contributed by atoms with van der Waals surface area (Å²) in [6.07, 6.45) is 1.44. The number of anilines is 3. The number of nitrogens with one attached hydrogen (secondary N) is 2. The number of carbonyl (C=O) groups excluding carboxylic acids is 1. The van der Waals surface area contributed by atoms with Crippen molar-refractivity contribution >= 4 is 46.4 Å². The Balaban J connectivity index is 1.76. The summed E-state index contributed by atoms with van der Waals surface area (Å²) in [4.78, 5) is 20.5. The Morgan fingerprint density at radius 1 is 1.04 bits per heavy atom. The Morgan fingerprint density at radius 2 is 1.88 bits per heavy atom. The van der Waals surface area contributed by atoms with Gasteiger partial charge in [0.05, 0.1) is 5.02 Å². The number of halogens is 3. The third kappa shape index (κ3) is 4.43. The lowest BCUT2D eigenvalue weighted by molar-refractivity contribution is 0.102. The smallest absolute Gasteiger partial charge is 0.274 e. The SMILES string of the molecule is O=C(Nc1cccc(Cl)c1)c1ccnc(Nc2ccc(F)c(Cl)c2)n1. The van der Waals surface area contributed by atoms with Crippen molar-refractivity contribution in [3.8, 4) is 0 Å². The molecular weight excluding hydrogens is 366 g/mol. The fourth-order valence-electron chi connectivity index (χ4n) is 2.01. The van der Waals surface area contributed by atoms with Crippen molar-refractivity contribution in [2.45, 2.75) is 0 Å². The molecule has 8 heteroatoms. The van der Waals surface area contributed by atoms with Crippen LogP contribution in [0.5, 0.6) is 0 Å². The van der Waals surface area contributed by atoms with Crippen molar-refractivity contribution in [2.24, 2.45) is 0 Å². The summed E-state index contributed by atoms with van der Waals surface area (Å²) in [7, 11) is 0. The van der Waals surface area contributed by atoms with E-state index in [4.69, 9.17) is 23.2 Å². The fourth-order valence-corrected chi connectivity index (χ4v) is 2.38. The highest BCUT2D eigenvalue weighted by molar-refractivity contribution is 6.31. The predicted octanol–water partition coefficient (Wildman–Crippen LogP) is 4.92. The van der Waals surface area contributed by atoms with E-state index in [0.717, 1.165) is 0 Å². The standard InChI is InChI=1S/C17H11Cl2FN4O/c18-10-2-1-3-11(8-10)22-16(25)15-6-7-21-17(24-15)23-12-4-5-14(20)13(19)9-12/h1-9H,(H,22,25)(H,21,23,24). The Bertz CT molecular complexity index is 936. The Kier molecular flexibility index (Phi) is 5.11. The van der Waals surface area contributed by atoms with Crippen molar-refractivity contribution in [3.63, 3.8) is 0 Å². The van der Waals surface area contributed by atoms with E-state index in [1.54, 1.807) is 24.3 Å².